The molecule has 0 radical (unpaired) electrons. The van der Waals surface area contributed by atoms with Crippen LogP contribution in [0.4, 0.5) is 0 Å². The van der Waals surface area contributed by atoms with Crippen molar-refractivity contribution in [3.05, 3.63) is 25.3 Å². The smallest absolute Gasteiger partial charge is 0.249 e. The molecular weight excluding hydrogens is 422 g/mol. The Hall–Kier alpha value is -2.19. The summed E-state index contributed by atoms with van der Waals surface area (Å²) >= 11 is 0. The zero-order valence-electron chi connectivity index (χ0n) is 20.7. The van der Waals surface area contributed by atoms with Gasteiger partial charge in [0.2, 0.25) is 17.7 Å². The maximum Gasteiger partial charge on any atom is 0.249 e. The van der Waals surface area contributed by atoms with E-state index < -0.39 is 34.6 Å². The van der Waals surface area contributed by atoms with Crippen LogP contribution in [0.25, 0.3) is 0 Å². The molecule has 8 nitrogen and oxygen atoms in total. The number of carbonyl (C=O) groups excluding carboxylic acids is 3. The van der Waals surface area contributed by atoms with Crippen molar-refractivity contribution in [2.75, 3.05) is 33.3 Å². The zero-order chi connectivity index (χ0) is 24.8. The van der Waals surface area contributed by atoms with Crippen LogP contribution < -0.4 is 0 Å². The molecule has 0 saturated carbocycles. The lowest BCUT2D eigenvalue weighted by Gasteiger charge is -2.42. The first kappa shape index (κ1) is 25.4. The molecule has 0 aliphatic carbocycles. The average molecular weight is 462 g/mol. The van der Waals surface area contributed by atoms with E-state index in [1.807, 2.05) is 27.7 Å². The summed E-state index contributed by atoms with van der Waals surface area (Å²) in [6.07, 6.45) is 5.03. The Morgan fingerprint density at radius 3 is 2.36 bits per heavy atom. The normalized spacial score (nSPS) is 32.6. The average Bonchev–Trinajstić information content (AvgIpc) is 3.35. The molecule has 0 aromatic carbocycles. The summed E-state index contributed by atoms with van der Waals surface area (Å²) < 4.78 is 6.71. The Labute approximate surface area is 197 Å². The van der Waals surface area contributed by atoms with E-state index in [2.05, 4.69) is 13.2 Å². The molecule has 0 aromatic rings. The number of ether oxygens (including phenoxy) is 1. The van der Waals surface area contributed by atoms with E-state index in [1.165, 1.54) is 4.90 Å². The molecule has 1 spiro atoms. The van der Waals surface area contributed by atoms with E-state index >= 15 is 0 Å². The minimum atomic E-state index is -1.08. The number of likely N-dealkylation sites (tertiary alicyclic amines) is 1. The Morgan fingerprint density at radius 2 is 1.85 bits per heavy atom. The first-order valence-electron chi connectivity index (χ1n) is 11.9. The van der Waals surface area contributed by atoms with Gasteiger partial charge in [-0.25, -0.2) is 0 Å². The van der Waals surface area contributed by atoms with E-state index in [-0.39, 0.29) is 30.9 Å². The van der Waals surface area contributed by atoms with Gasteiger partial charge in [0, 0.05) is 32.2 Å². The fourth-order valence-corrected chi connectivity index (χ4v) is 6.21. The van der Waals surface area contributed by atoms with Gasteiger partial charge in [0.15, 0.2) is 0 Å². The molecule has 3 heterocycles. The second kappa shape index (κ2) is 8.87. The number of hydrogen-bond donors (Lipinski definition) is 1. The maximum atomic E-state index is 14.1. The van der Waals surface area contributed by atoms with Crippen LogP contribution in [-0.4, -0.2) is 93.6 Å². The SMILES string of the molecule is C=CCN(C)C(=O)[C@@H]1[C@H]2C(=O)N(CCO)C(C(=O)N(CC=C)C(C)(C)C)C23CC[C@@]1(CC)O3. The highest BCUT2D eigenvalue weighted by Crippen LogP contribution is 2.64. The van der Waals surface area contributed by atoms with Crippen molar-refractivity contribution < 1.29 is 24.2 Å². The van der Waals surface area contributed by atoms with Crippen LogP contribution in [0.1, 0.15) is 47.0 Å². The van der Waals surface area contributed by atoms with Crippen LogP contribution in [0.3, 0.4) is 0 Å². The van der Waals surface area contributed by atoms with Crippen molar-refractivity contribution in [1.29, 1.82) is 0 Å². The van der Waals surface area contributed by atoms with Gasteiger partial charge in [-0.2, -0.15) is 0 Å². The lowest BCUT2D eigenvalue weighted by molar-refractivity contribution is -0.157. The lowest BCUT2D eigenvalue weighted by Crippen LogP contribution is -2.60. The lowest BCUT2D eigenvalue weighted by atomic mass is 9.64. The molecule has 3 rings (SSSR count). The number of aliphatic hydroxyl groups is 1. The van der Waals surface area contributed by atoms with Crippen molar-refractivity contribution >= 4 is 17.7 Å². The van der Waals surface area contributed by atoms with Crippen LogP contribution >= 0.6 is 0 Å². The van der Waals surface area contributed by atoms with Gasteiger partial charge in [0.05, 0.1) is 24.0 Å². The van der Waals surface area contributed by atoms with Crippen LogP contribution in [0.2, 0.25) is 0 Å². The van der Waals surface area contributed by atoms with E-state index in [0.29, 0.717) is 32.4 Å². The first-order valence-corrected chi connectivity index (χ1v) is 11.9. The molecule has 3 aliphatic heterocycles. The molecule has 1 N–H and O–H groups in total. The number of fused-ring (bicyclic) bond motifs is 1. The monoisotopic (exact) mass is 461 g/mol. The van der Waals surface area contributed by atoms with Gasteiger partial charge in [0.1, 0.15) is 11.6 Å². The molecule has 3 fully saturated rings. The fourth-order valence-electron chi connectivity index (χ4n) is 6.21. The number of β-amino-alcohol motifs (C(OH)–C–C–N with tert-alkyl or cyclic N) is 1. The number of carbonyl (C=O) groups is 3. The number of amides is 3. The van der Waals surface area contributed by atoms with Gasteiger partial charge in [-0.1, -0.05) is 19.1 Å². The largest absolute Gasteiger partial charge is 0.395 e. The Kier molecular flexibility index (Phi) is 6.84. The number of likely N-dealkylation sites (N-methyl/N-ethyl adjacent to an activating group) is 1. The summed E-state index contributed by atoms with van der Waals surface area (Å²) in [6, 6.07) is -0.891. The highest BCUT2D eigenvalue weighted by molar-refractivity contribution is 5.99. The summed E-state index contributed by atoms with van der Waals surface area (Å²) in [5.41, 5.74) is -2.37. The fraction of sp³-hybridized carbons (Fsp3) is 0.720. The summed E-state index contributed by atoms with van der Waals surface area (Å²) in [4.78, 5) is 46.2. The molecule has 2 bridgehead atoms. The number of hydrogen-bond acceptors (Lipinski definition) is 5. The van der Waals surface area contributed by atoms with Crippen molar-refractivity contribution in [3.8, 4) is 0 Å². The van der Waals surface area contributed by atoms with Gasteiger partial charge in [-0.15, -0.1) is 13.2 Å². The minimum Gasteiger partial charge on any atom is -0.395 e. The number of aliphatic hydroxyl groups excluding tert-OH is 1. The number of rotatable bonds is 9. The third kappa shape index (κ3) is 3.71. The summed E-state index contributed by atoms with van der Waals surface area (Å²) in [5.74, 6) is -2.10. The molecule has 5 atom stereocenters. The molecule has 3 saturated heterocycles. The minimum absolute atomic E-state index is 0.0193. The summed E-state index contributed by atoms with van der Waals surface area (Å²) in [7, 11) is 1.70. The summed E-state index contributed by atoms with van der Waals surface area (Å²) in [6.45, 7) is 15.7. The molecule has 3 amide bonds. The van der Waals surface area contributed by atoms with Crippen molar-refractivity contribution in [1.82, 2.24) is 14.7 Å². The Balaban J connectivity index is 2.13. The predicted octanol–water partition coefficient (Wildman–Crippen LogP) is 1.59. The molecule has 8 heteroatoms. The Morgan fingerprint density at radius 1 is 1.21 bits per heavy atom. The highest BCUT2D eigenvalue weighted by atomic mass is 16.5. The summed E-state index contributed by atoms with van der Waals surface area (Å²) in [5, 5.41) is 9.74. The van der Waals surface area contributed by atoms with Crippen molar-refractivity contribution in [2.45, 2.75) is 69.7 Å². The van der Waals surface area contributed by atoms with E-state index in [0.717, 1.165) is 0 Å². The van der Waals surface area contributed by atoms with E-state index in [4.69, 9.17) is 4.74 Å². The van der Waals surface area contributed by atoms with Gasteiger partial charge >= 0.3 is 0 Å². The molecule has 33 heavy (non-hydrogen) atoms. The van der Waals surface area contributed by atoms with Gasteiger partial charge < -0.3 is 24.5 Å². The van der Waals surface area contributed by atoms with Gasteiger partial charge in [0.25, 0.3) is 0 Å². The standard InChI is InChI=1S/C25H39N3O5/c1-8-13-26(7)20(30)17-18-21(31)27(15-16-29)19(22(32)28(14-9-2)23(4,5)6)25(18)12-11-24(17,10-3)33-25/h8-9,17-19,29H,1-2,10-16H2,3-7H3/t17-,18-,19?,24+,25?/m0/s1. The van der Waals surface area contributed by atoms with Gasteiger partial charge in [-0.05, 0) is 40.0 Å². The quantitative estimate of drug-likeness (QED) is 0.527. The molecule has 184 valence electrons. The second-order valence-electron chi connectivity index (χ2n) is 10.5. The van der Waals surface area contributed by atoms with Crippen LogP contribution in [-0.2, 0) is 19.1 Å². The number of nitrogens with zero attached hydrogens (tertiary/aromatic N) is 3. The van der Waals surface area contributed by atoms with Crippen molar-refractivity contribution in [2.24, 2.45) is 11.8 Å². The second-order valence-corrected chi connectivity index (χ2v) is 10.5. The molecule has 0 aromatic heterocycles. The maximum absolute atomic E-state index is 14.1. The molecule has 2 unspecified atom stereocenters. The van der Waals surface area contributed by atoms with Gasteiger partial charge in [-0.3, -0.25) is 14.4 Å². The predicted molar refractivity (Wildman–Crippen MR) is 125 cm³/mol. The van der Waals surface area contributed by atoms with Crippen LogP contribution in [0.15, 0.2) is 25.3 Å². The van der Waals surface area contributed by atoms with E-state index in [9.17, 15) is 19.5 Å². The highest BCUT2D eigenvalue weighted by Gasteiger charge is 2.79. The topological polar surface area (TPSA) is 90.4 Å². The zero-order valence-corrected chi connectivity index (χ0v) is 20.7. The third-order valence-corrected chi connectivity index (χ3v) is 7.69. The third-order valence-electron chi connectivity index (χ3n) is 7.69. The Bertz CT molecular complexity index is 836. The van der Waals surface area contributed by atoms with Crippen molar-refractivity contribution in [3.63, 3.8) is 0 Å². The van der Waals surface area contributed by atoms with E-state index in [1.54, 1.807) is 29.0 Å². The molecular formula is C25H39N3O5. The van der Waals surface area contributed by atoms with Crippen LogP contribution in [0, 0.1) is 11.8 Å². The first-order chi connectivity index (χ1) is 15.5. The van der Waals surface area contributed by atoms with Crippen LogP contribution in [0.5, 0.6) is 0 Å². The molecule has 3 aliphatic rings.